The van der Waals surface area contributed by atoms with Gasteiger partial charge in [-0.15, -0.1) is 0 Å². The molecular formula is C16H19ClN4O2. The van der Waals surface area contributed by atoms with E-state index in [0.717, 1.165) is 31.1 Å². The second-order valence-electron chi connectivity index (χ2n) is 5.59. The largest absolute Gasteiger partial charge is 0.377 e. The molecule has 2 aromatic rings. The molecule has 1 aromatic carbocycles. The van der Waals surface area contributed by atoms with Crippen LogP contribution in [0.15, 0.2) is 35.3 Å². The topological polar surface area (TPSA) is 59.4 Å². The summed E-state index contributed by atoms with van der Waals surface area (Å²) in [6.45, 7) is 4.53. The van der Waals surface area contributed by atoms with Gasteiger partial charge in [-0.05, 0) is 31.2 Å². The molecule has 1 fully saturated rings. The number of halogens is 1. The van der Waals surface area contributed by atoms with E-state index in [1.54, 1.807) is 13.2 Å². The van der Waals surface area contributed by atoms with Crippen molar-refractivity contribution in [2.75, 3.05) is 30.0 Å². The number of ether oxygens (including phenoxy) is 1. The summed E-state index contributed by atoms with van der Waals surface area (Å²) in [4.78, 5) is 14.1. The lowest BCUT2D eigenvalue weighted by atomic mass is 10.2. The van der Waals surface area contributed by atoms with Gasteiger partial charge in [0.15, 0.2) is 0 Å². The number of nitrogens with one attached hydrogen (secondary N) is 1. The summed E-state index contributed by atoms with van der Waals surface area (Å²) in [5, 5.41) is 7.24. The molecular weight excluding hydrogens is 316 g/mol. The fourth-order valence-electron chi connectivity index (χ4n) is 2.60. The molecule has 1 N–H and O–H groups in total. The minimum Gasteiger partial charge on any atom is -0.377 e. The summed E-state index contributed by atoms with van der Waals surface area (Å²) < 4.78 is 6.67. The van der Waals surface area contributed by atoms with Crippen molar-refractivity contribution in [2.45, 2.75) is 13.0 Å². The predicted molar refractivity (Wildman–Crippen MR) is 91.8 cm³/mol. The van der Waals surface area contributed by atoms with Gasteiger partial charge in [-0.3, -0.25) is 4.79 Å². The van der Waals surface area contributed by atoms with Crippen LogP contribution in [0.25, 0.3) is 0 Å². The normalized spacial score (nSPS) is 18.0. The summed E-state index contributed by atoms with van der Waals surface area (Å²) in [6.07, 6.45) is 1.54. The summed E-state index contributed by atoms with van der Waals surface area (Å²) in [5.41, 5.74) is 2.18. The number of rotatable bonds is 3. The van der Waals surface area contributed by atoms with E-state index in [0.29, 0.717) is 11.7 Å². The van der Waals surface area contributed by atoms with Gasteiger partial charge >= 0.3 is 0 Å². The highest BCUT2D eigenvalue weighted by molar-refractivity contribution is 6.33. The summed E-state index contributed by atoms with van der Waals surface area (Å²) in [7, 11) is 1.57. The Bertz CT molecular complexity index is 745. The molecule has 0 aliphatic carbocycles. The molecule has 6 nitrogen and oxygen atoms in total. The van der Waals surface area contributed by atoms with Crippen LogP contribution in [0.5, 0.6) is 0 Å². The van der Waals surface area contributed by atoms with E-state index in [-0.39, 0.29) is 10.6 Å². The third kappa shape index (κ3) is 3.33. The minimum atomic E-state index is -0.324. The van der Waals surface area contributed by atoms with Gasteiger partial charge in [-0.1, -0.05) is 11.6 Å². The molecule has 1 saturated heterocycles. The summed E-state index contributed by atoms with van der Waals surface area (Å²) in [5.74, 6) is 0. The van der Waals surface area contributed by atoms with Gasteiger partial charge in [-0.25, -0.2) is 4.68 Å². The maximum atomic E-state index is 11.8. The first-order chi connectivity index (χ1) is 11.1. The number of aromatic nitrogens is 2. The molecule has 0 amide bonds. The standard InChI is InChI=1S/C16H19ClN4O2/c1-11-10-23-8-7-21(11)13-5-3-12(4-6-13)19-14-9-18-20(2)16(22)15(14)17/h3-6,9,11,19H,7-8,10H2,1-2H3. The maximum absolute atomic E-state index is 11.8. The predicted octanol–water partition coefficient (Wildman–Crippen LogP) is 2.40. The number of hydrogen-bond acceptors (Lipinski definition) is 5. The summed E-state index contributed by atoms with van der Waals surface area (Å²) in [6, 6.07) is 8.38. The smallest absolute Gasteiger partial charge is 0.287 e. The lowest BCUT2D eigenvalue weighted by Crippen LogP contribution is -2.43. The Balaban J connectivity index is 1.78. The minimum absolute atomic E-state index is 0.133. The molecule has 122 valence electrons. The Labute approximate surface area is 139 Å². The lowest BCUT2D eigenvalue weighted by molar-refractivity contribution is 0.0989. The lowest BCUT2D eigenvalue weighted by Gasteiger charge is -2.35. The van der Waals surface area contributed by atoms with Crippen molar-refractivity contribution in [3.63, 3.8) is 0 Å². The van der Waals surface area contributed by atoms with E-state index in [1.165, 1.54) is 4.68 Å². The Kier molecular flexibility index (Phi) is 4.54. The van der Waals surface area contributed by atoms with Crippen LogP contribution in [-0.4, -0.2) is 35.6 Å². The van der Waals surface area contributed by atoms with Crippen molar-refractivity contribution < 1.29 is 4.74 Å². The van der Waals surface area contributed by atoms with Gasteiger partial charge in [0.1, 0.15) is 5.02 Å². The number of hydrogen-bond donors (Lipinski definition) is 1. The van der Waals surface area contributed by atoms with Crippen LogP contribution in [0.3, 0.4) is 0 Å². The zero-order chi connectivity index (χ0) is 16.4. The van der Waals surface area contributed by atoms with E-state index < -0.39 is 0 Å². The first-order valence-electron chi connectivity index (χ1n) is 7.49. The molecule has 23 heavy (non-hydrogen) atoms. The highest BCUT2D eigenvalue weighted by Gasteiger charge is 2.18. The first kappa shape index (κ1) is 15.8. The first-order valence-corrected chi connectivity index (χ1v) is 7.87. The van der Waals surface area contributed by atoms with Crippen LogP contribution in [-0.2, 0) is 11.8 Å². The highest BCUT2D eigenvalue weighted by Crippen LogP contribution is 2.25. The molecule has 1 unspecified atom stereocenters. The van der Waals surface area contributed by atoms with Crippen LogP contribution in [0.2, 0.25) is 5.02 Å². The van der Waals surface area contributed by atoms with Crippen molar-refractivity contribution in [3.05, 3.63) is 45.8 Å². The molecule has 2 heterocycles. The molecule has 7 heteroatoms. The molecule has 1 aliphatic rings. The fraction of sp³-hybridized carbons (Fsp3) is 0.375. The van der Waals surface area contributed by atoms with Crippen LogP contribution in [0.1, 0.15) is 6.92 Å². The average Bonchev–Trinajstić information content (AvgIpc) is 2.57. The number of nitrogens with zero attached hydrogens (tertiary/aromatic N) is 3. The number of benzene rings is 1. The molecule has 1 atom stereocenters. The van der Waals surface area contributed by atoms with E-state index in [2.05, 4.69) is 22.2 Å². The molecule has 3 rings (SSSR count). The van der Waals surface area contributed by atoms with E-state index in [1.807, 2.05) is 24.3 Å². The number of aryl methyl sites for hydroxylation is 1. The van der Waals surface area contributed by atoms with E-state index >= 15 is 0 Å². The van der Waals surface area contributed by atoms with Crippen LogP contribution >= 0.6 is 11.6 Å². The van der Waals surface area contributed by atoms with Crippen molar-refractivity contribution >= 4 is 28.7 Å². The SMILES string of the molecule is CC1COCCN1c1ccc(Nc2cnn(C)c(=O)c2Cl)cc1. The van der Waals surface area contributed by atoms with Gasteiger partial charge in [0, 0.05) is 31.0 Å². The monoisotopic (exact) mass is 334 g/mol. The van der Waals surface area contributed by atoms with Crippen molar-refractivity contribution in [1.82, 2.24) is 9.78 Å². The van der Waals surface area contributed by atoms with Crippen molar-refractivity contribution in [2.24, 2.45) is 7.05 Å². The van der Waals surface area contributed by atoms with Crippen LogP contribution in [0.4, 0.5) is 17.1 Å². The zero-order valence-corrected chi connectivity index (χ0v) is 13.9. The van der Waals surface area contributed by atoms with E-state index in [9.17, 15) is 4.79 Å². The third-order valence-electron chi connectivity index (χ3n) is 3.92. The third-order valence-corrected chi connectivity index (χ3v) is 4.29. The van der Waals surface area contributed by atoms with Gasteiger partial charge in [0.2, 0.25) is 0 Å². The highest BCUT2D eigenvalue weighted by atomic mass is 35.5. The van der Waals surface area contributed by atoms with Gasteiger partial charge in [0.25, 0.3) is 5.56 Å². The Morgan fingerprint density at radius 1 is 1.35 bits per heavy atom. The van der Waals surface area contributed by atoms with Crippen LogP contribution < -0.4 is 15.8 Å². The second-order valence-corrected chi connectivity index (χ2v) is 5.97. The zero-order valence-electron chi connectivity index (χ0n) is 13.1. The van der Waals surface area contributed by atoms with Gasteiger partial charge in [0.05, 0.1) is 25.1 Å². The second kappa shape index (κ2) is 6.60. The van der Waals surface area contributed by atoms with Crippen molar-refractivity contribution in [3.8, 4) is 0 Å². The molecule has 0 saturated carbocycles. The summed E-state index contributed by atoms with van der Waals surface area (Å²) >= 11 is 6.06. The maximum Gasteiger partial charge on any atom is 0.287 e. The van der Waals surface area contributed by atoms with Gasteiger partial charge < -0.3 is 15.0 Å². The molecule has 0 spiro atoms. The Morgan fingerprint density at radius 3 is 2.78 bits per heavy atom. The fourth-order valence-corrected chi connectivity index (χ4v) is 2.82. The molecule has 1 aliphatic heterocycles. The molecule has 1 aromatic heterocycles. The average molecular weight is 335 g/mol. The molecule has 0 bridgehead atoms. The number of morpholine rings is 1. The van der Waals surface area contributed by atoms with Crippen molar-refractivity contribution in [1.29, 1.82) is 0 Å². The van der Waals surface area contributed by atoms with Crippen LogP contribution in [0, 0.1) is 0 Å². The Hall–Kier alpha value is -2.05. The quantitative estimate of drug-likeness (QED) is 0.934. The van der Waals surface area contributed by atoms with Gasteiger partial charge in [-0.2, -0.15) is 5.10 Å². The molecule has 0 radical (unpaired) electrons. The van der Waals surface area contributed by atoms with E-state index in [4.69, 9.17) is 16.3 Å². The number of anilines is 3. The Morgan fingerprint density at radius 2 is 2.09 bits per heavy atom.